The van der Waals surface area contributed by atoms with Crippen LogP contribution in [0.15, 0.2) is 54.9 Å². The number of halogens is 3. The first-order valence-corrected chi connectivity index (χ1v) is 10.1. The molecule has 0 fully saturated rings. The van der Waals surface area contributed by atoms with Gasteiger partial charge in [-0.2, -0.15) is 13.2 Å². The normalized spacial score (nSPS) is 11.4. The zero-order valence-electron chi connectivity index (χ0n) is 16.6. The van der Waals surface area contributed by atoms with Crippen molar-refractivity contribution < 1.29 is 22.8 Å². The maximum absolute atomic E-state index is 12.7. The lowest BCUT2D eigenvalue weighted by Crippen LogP contribution is -2.19. The molecule has 0 aliphatic heterocycles. The topological polar surface area (TPSA) is 136 Å². The number of carbonyl (C=O) groups is 2. The highest BCUT2D eigenvalue weighted by atomic mass is 32.1. The van der Waals surface area contributed by atoms with Gasteiger partial charge in [0.15, 0.2) is 0 Å². The van der Waals surface area contributed by atoms with Gasteiger partial charge in [0.1, 0.15) is 16.0 Å². The summed E-state index contributed by atoms with van der Waals surface area (Å²) in [6, 6.07) is 10.1. The number of aromatic nitrogens is 2. The summed E-state index contributed by atoms with van der Waals surface area (Å²) in [7, 11) is 0. The lowest BCUT2D eigenvalue weighted by molar-refractivity contribution is -0.137. The van der Waals surface area contributed by atoms with E-state index in [0.717, 1.165) is 35.6 Å². The summed E-state index contributed by atoms with van der Waals surface area (Å²) in [6.45, 7) is 0. The van der Waals surface area contributed by atoms with Gasteiger partial charge >= 0.3 is 12.2 Å². The van der Waals surface area contributed by atoms with Crippen LogP contribution in [0.3, 0.4) is 0 Å². The Morgan fingerprint density at radius 3 is 2.33 bits per heavy atom. The van der Waals surface area contributed by atoms with Crippen molar-refractivity contribution in [3.8, 4) is 11.3 Å². The van der Waals surface area contributed by atoms with Crippen LogP contribution in [0.1, 0.15) is 15.2 Å². The Morgan fingerprint density at radius 1 is 0.970 bits per heavy atom. The average molecular weight is 472 g/mol. The Kier molecular flexibility index (Phi) is 5.60. The van der Waals surface area contributed by atoms with Crippen molar-refractivity contribution in [3.05, 3.63) is 65.3 Å². The van der Waals surface area contributed by atoms with Crippen molar-refractivity contribution in [1.82, 2.24) is 9.97 Å². The molecule has 12 heteroatoms. The monoisotopic (exact) mass is 472 g/mol. The maximum Gasteiger partial charge on any atom is 0.416 e. The standard InChI is InChI=1S/C21H15F3N6O2S/c22-21(23,24)11-4-6-12(7-5-11)29-20(32)30-13-3-1-2-10(8-13)16-14-15(25)17(18(26)31)33-19(14)28-9-27-16/h1-9H,25H2,(H2,26,31)(H2,29,30,32). The van der Waals surface area contributed by atoms with E-state index >= 15 is 0 Å². The molecule has 4 rings (SSSR count). The number of carbonyl (C=O) groups excluding carboxylic acids is 2. The van der Waals surface area contributed by atoms with Crippen molar-refractivity contribution in [1.29, 1.82) is 0 Å². The van der Waals surface area contributed by atoms with Gasteiger partial charge in [0.05, 0.1) is 22.3 Å². The minimum absolute atomic E-state index is 0.177. The highest BCUT2D eigenvalue weighted by molar-refractivity contribution is 7.21. The third kappa shape index (κ3) is 4.55. The summed E-state index contributed by atoms with van der Waals surface area (Å²) in [4.78, 5) is 33.0. The van der Waals surface area contributed by atoms with E-state index in [0.29, 0.717) is 27.2 Å². The van der Waals surface area contributed by atoms with E-state index < -0.39 is 23.7 Å². The van der Waals surface area contributed by atoms with E-state index in [1.54, 1.807) is 24.3 Å². The van der Waals surface area contributed by atoms with Gasteiger partial charge in [-0.15, -0.1) is 11.3 Å². The fourth-order valence-corrected chi connectivity index (χ4v) is 4.05. The molecule has 3 amide bonds. The number of nitrogen functional groups attached to an aromatic ring is 1. The number of nitrogens with one attached hydrogen (secondary N) is 2. The van der Waals surface area contributed by atoms with Crippen molar-refractivity contribution in [3.63, 3.8) is 0 Å². The smallest absolute Gasteiger partial charge is 0.397 e. The number of thiophene rings is 1. The second-order valence-corrected chi connectivity index (χ2v) is 7.85. The predicted octanol–water partition coefficient (Wildman–Crippen LogP) is 4.70. The van der Waals surface area contributed by atoms with Gasteiger partial charge in [-0.25, -0.2) is 14.8 Å². The van der Waals surface area contributed by atoms with E-state index in [9.17, 15) is 22.8 Å². The van der Waals surface area contributed by atoms with E-state index in [1.807, 2.05) is 0 Å². The number of primary amides is 1. The van der Waals surface area contributed by atoms with Gasteiger partial charge in [-0.3, -0.25) is 4.79 Å². The van der Waals surface area contributed by atoms with Gasteiger partial charge in [-0.1, -0.05) is 12.1 Å². The molecule has 0 aliphatic rings. The Hall–Kier alpha value is -4.19. The van der Waals surface area contributed by atoms with Crippen LogP contribution in [-0.4, -0.2) is 21.9 Å². The van der Waals surface area contributed by atoms with Crippen molar-refractivity contribution >= 4 is 50.6 Å². The fraction of sp³-hybridized carbons (Fsp3) is 0.0476. The van der Waals surface area contributed by atoms with Crippen LogP contribution in [0.25, 0.3) is 21.5 Å². The lowest BCUT2D eigenvalue weighted by Gasteiger charge is -2.11. The molecule has 0 spiro atoms. The molecule has 0 saturated carbocycles. The highest BCUT2D eigenvalue weighted by Crippen LogP contribution is 2.38. The SMILES string of the molecule is NC(=O)c1sc2ncnc(-c3cccc(NC(=O)Nc4ccc(C(F)(F)F)cc4)c3)c2c1N. The second kappa shape index (κ2) is 8.39. The van der Waals surface area contributed by atoms with Gasteiger partial charge in [-0.05, 0) is 36.4 Å². The molecular formula is C21H15F3N6O2S. The Morgan fingerprint density at radius 2 is 1.67 bits per heavy atom. The molecular weight excluding hydrogens is 457 g/mol. The Balaban J connectivity index is 1.56. The maximum atomic E-state index is 12.7. The number of anilines is 3. The molecule has 0 aliphatic carbocycles. The van der Waals surface area contributed by atoms with Gasteiger partial charge in [0.2, 0.25) is 0 Å². The van der Waals surface area contributed by atoms with Crippen LogP contribution in [0.5, 0.6) is 0 Å². The average Bonchev–Trinajstić information content (AvgIpc) is 3.11. The second-order valence-electron chi connectivity index (χ2n) is 6.85. The number of urea groups is 1. The van der Waals surface area contributed by atoms with E-state index in [2.05, 4.69) is 20.6 Å². The van der Waals surface area contributed by atoms with Crippen molar-refractivity contribution in [2.24, 2.45) is 5.73 Å². The molecule has 0 saturated heterocycles. The molecule has 0 atom stereocenters. The largest absolute Gasteiger partial charge is 0.416 e. The molecule has 2 aromatic heterocycles. The molecule has 0 bridgehead atoms. The van der Waals surface area contributed by atoms with Crippen molar-refractivity contribution in [2.75, 3.05) is 16.4 Å². The number of nitrogens with zero attached hydrogens (tertiary/aromatic N) is 2. The first-order chi connectivity index (χ1) is 15.6. The van der Waals surface area contributed by atoms with E-state index in [1.165, 1.54) is 6.33 Å². The van der Waals surface area contributed by atoms with E-state index in [-0.39, 0.29) is 16.3 Å². The van der Waals surface area contributed by atoms with Crippen LogP contribution in [0.2, 0.25) is 0 Å². The molecule has 6 N–H and O–H groups in total. The number of fused-ring (bicyclic) bond motifs is 1. The minimum Gasteiger partial charge on any atom is -0.397 e. The van der Waals surface area contributed by atoms with Gasteiger partial charge in [0, 0.05) is 16.9 Å². The molecule has 2 heterocycles. The highest BCUT2D eigenvalue weighted by Gasteiger charge is 2.30. The quantitative estimate of drug-likeness (QED) is 0.341. The molecule has 33 heavy (non-hydrogen) atoms. The third-order valence-corrected chi connectivity index (χ3v) is 5.74. The molecule has 168 valence electrons. The summed E-state index contributed by atoms with van der Waals surface area (Å²) in [5.41, 5.74) is 12.5. The summed E-state index contributed by atoms with van der Waals surface area (Å²) in [5, 5.41) is 5.56. The van der Waals surface area contributed by atoms with Crippen LogP contribution < -0.4 is 22.1 Å². The van der Waals surface area contributed by atoms with Gasteiger partial charge < -0.3 is 22.1 Å². The number of amides is 3. The molecule has 0 radical (unpaired) electrons. The van der Waals surface area contributed by atoms with Crippen LogP contribution in [0, 0.1) is 0 Å². The molecule has 8 nitrogen and oxygen atoms in total. The zero-order valence-corrected chi connectivity index (χ0v) is 17.4. The van der Waals surface area contributed by atoms with Crippen molar-refractivity contribution in [2.45, 2.75) is 6.18 Å². The molecule has 2 aromatic carbocycles. The minimum atomic E-state index is -4.46. The number of hydrogen-bond acceptors (Lipinski definition) is 6. The van der Waals surface area contributed by atoms with Crippen LogP contribution in [0.4, 0.5) is 35.0 Å². The summed E-state index contributed by atoms with van der Waals surface area (Å²) in [6.07, 6.45) is -3.13. The third-order valence-electron chi connectivity index (χ3n) is 4.61. The zero-order chi connectivity index (χ0) is 23.8. The lowest BCUT2D eigenvalue weighted by atomic mass is 10.1. The molecule has 4 aromatic rings. The van der Waals surface area contributed by atoms with Crippen LogP contribution in [-0.2, 0) is 6.18 Å². The van der Waals surface area contributed by atoms with Crippen LogP contribution >= 0.6 is 11.3 Å². The number of hydrogen-bond donors (Lipinski definition) is 4. The van der Waals surface area contributed by atoms with Gasteiger partial charge in [0.25, 0.3) is 5.91 Å². The summed E-state index contributed by atoms with van der Waals surface area (Å²) < 4.78 is 38.0. The number of alkyl halides is 3. The fourth-order valence-electron chi connectivity index (χ4n) is 3.14. The first kappa shape index (κ1) is 22.0. The number of nitrogens with two attached hydrogens (primary N) is 2. The summed E-state index contributed by atoms with van der Waals surface area (Å²) >= 11 is 1.06. The first-order valence-electron chi connectivity index (χ1n) is 9.32. The number of rotatable bonds is 4. The van der Waals surface area contributed by atoms with E-state index in [4.69, 9.17) is 11.5 Å². The Labute approximate surface area is 188 Å². The molecule has 0 unspecified atom stereocenters. The Bertz CT molecular complexity index is 1370. The summed E-state index contributed by atoms with van der Waals surface area (Å²) in [5.74, 6) is -0.670. The number of benzene rings is 2. The predicted molar refractivity (Wildman–Crippen MR) is 120 cm³/mol.